The minimum Gasteiger partial charge on any atom is -0.342 e. The summed E-state index contributed by atoms with van der Waals surface area (Å²) < 4.78 is 0. The van der Waals surface area contributed by atoms with Crippen molar-refractivity contribution in [3.63, 3.8) is 0 Å². The van der Waals surface area contributed by atoms with Gasteiger partial charge in [0.25, 0.3) is 0 Å². The zero-order valence-corrected chi connectivity index (χ0v) is 9.18. The number of carbonyl (C=O) groups excluding carboxylic acids is 1. The molecule has 3 nitrogen and oxygen atoms in total. The zero-order valence-electron chi connectivity index (χ0n) is 9.18. The maximum absolute atomic E-state index is 12.0. The van der Waals surface area contributed by atoms with E-state index in [-0.39, 0.29) is 5.41 Å². The van der Waals surface area contributed by atoms with Crippen LogP contribution >= 0.6 is 0 Å². The van der Waals surface area contributed by atoms with E-state index in [9.17, 15) is 4.79 Å². The van der Waals surface area contributed by atoms with Gasteiger partial charge in [0.1, 0.15) is 0 Å². The molecule has 2 saturated heterocycles. The molecule has 0 aliphatic carbocycles. The molecule has 2 aliphatic rings. The van der Waals surface area contributed by atoms with Crippen molar-refractivity contribution in [1.82, 2.24) is 10.2 Å². The molecule has 1 unspecified atom stereocenters. The third-order valence-corrected chi connectivity index (χ3v) is 3.86. The molecule has 1 N–H and O–H groups in total. The Balaban J connectivity index is 1.92. The van der Waals surface area contributed by atoms with Gasteiger partial charge in [-0.3, -0.25) is 4.79 Å². The number of amides is 1. The smallest absolute Gasteiger partial charge is 0.228 e. The normalized spacial score (nSPS) is 33.6. The topological polar surface area (TPSA) is 32.3 Å². The number of rotatable bonds is 3. The SMILES string of the molecule is CCC1(C)CCN(CC2CNC2)C1=O. The molecule has 2 heterocycles. The molecular weight excluding hydrogens is 176 g/mol. The van der Waals surface area contributed by atoms with Gasteiger partial charge in [0.05, 0.1) is 0 Å². The van der Waals surface area contributed by atoms with E-state index in [4.69, 9.17) is 0 Å². The summed E-state index contributed by atoms with van der Waals surface area (Å²) in [5.74, 6) is 1.09. The van der Waals surface area contributed by atoms with Crippen LogP contribution in [0, 0.1) is 11.3 Å². The first-order valence-corrected chi connectivity index (χ1v) is 5.66. The lowest BCUT2D eigenvalue weighted by Crippen LogP contribution is -2.49. The second-order valence-electron chi connectivity index (χ2n) is 4.94. The number of nitrogens with one attached hydrogen (secondary N) is 1. The number of likely N-dealkylation sites (tertiary alicyclic amines) is 1. The van der Waals surface area contributed by atoms with Crippen molar-refractivity contribution in [3.8, 4) is 0 Å². The van der Waals surface area contributed by atoms with Crippen LogP contribution in [0.15, 0.2) is 0 Å². The Hall–Kier alpha value is -0.570. The molecule has 0 saturated carbocycles. The third-order valence-electron chi connectivity index (χ3n) is 3.86. The molecule has 1 amide bonds. The van der Waals surface area contributed by atoms with Gasteiger partial charge in [0.15, 0.2) is 0 Å². The highest BCUT2D eigenvalue weighted by molar-refractivity contribution is 5.84. The molecular formula is C11H20N2O. The Morgan fingerprint density at radius 3 is 2.71 bits per heavy atom. The Morgan fingerprint density at radius 2 is 2.29 bits per heavy atom. The lowest BCUT2D eigenvalue weighted by Gasteiger charge is -2.32. The van der Waals surface area contributed by atoms with Crippen molar-refractivity contribution >= 4 is 5.91 Å². The highest BCUT2D eigenvalue weighted by atomic mass is 16.2. The quantitative estimate of drug-likeness (QED) is 0.726. The van der Waals surface area contributed by atoms with Crippen LogP contribution in [0.25, 0.3) is 0 Å². The summed E-state index contributed by atoms with van der Waals surface area (Å²) in [7, 11) is 0. The second kappa shape index (κ2) is 3.54. The molecule has 14 heavy (non-hydrogen) atoms. The Bertz CT molecular complexity index is 237. The van der Waals surface area contributed by atoms with Crippen molar-refractivity contribution in [2.45, 2.75) is 26.7 Å². The van der Waals surface area contributed by atoms with Crippen LogP contribution in [0.4, 0.5) is 0 Å². The van der Waals surface area contributed by atoms with Gasteiger partial charge < -0.3 is 10.2 Å². The summed E-state index contributed by atoms with van der Waals surface area (Å²) in [6.45, 7) is 8.35. The Morgan fingerprint density at radius 1 is 1.57 bits per heavy atom. The van der Waals surface area contributed by atoms with Crippen LogP contribution in [0.1, 0.15) is 26.7 Å². The maximum Gasteiger partial charge on any atom is 0.228 e. The van der Waals surface area contributed by atoms with Crippen molar-refractivity contribution in [2.75, 3.05) is 26.2 Å². The van der Waals surface area contributed by atoms with Crippen LogP contribution in [0.2, 0.25) is 0 Å². The van der Waals surface area contributed by atoms with E-state index in [1.807, 2.05) is 0 Å². The molecule has 0 radical (unpaired) electrons. The van der Waals surface area contributed by atoms with Crippen LogP contribution in [-0.4, -0.2) is 37.0 Å². The van der Waals surface area contributed by atoms with Gasteiger partial charge in [-0.2, -0.15) is 0 Å². The van der Waals surface area contributed by atoms with E-state index < -0.39 is 0 Å². The molecule has 0 bridgehead atoms. The molecule has 2 fully saturated rings. The van der Waals surface area contributed by atoms with Gasteiger partial charge >= 0.3 is 0 Å². The Kier molecular flexibility index (Phi) is 2.52. The van der Waals surface area contributed by atoms with Crippen molar-refractivity contribution in [2.24, 2.45) is 11.3 Å². The predicted octanol–water partition coefficient (Wildman–Crippen LogP) is 0.854. The summed E-state index contributed by atoms with van der Waals surface area (Å²) in [6.07, 6.45) is 2.02. The molecule has 3 heteroatoms. The lowest BCUT2D eigenvalue weighted by molar-refractivity contribution is -0.136. The summed E-state index contributed by atoms with van der Waals surface area (Å²) in [5, 5.41) is 3.25. The van der Waals surface area contributed by atoms with Crippen molar-refractivity contribution in [1.29, 1.82) is 0 Å². The first-order chi connectivity index (χ1) is 6.65. The highest BCUT2D eigenvalue weighted by Gasteiger charge is 2.41. The average Bonchev–Trinajstić information content (AvgIpc) is 2.39. The van der Waals surface area contributed by atoms with Crippen LogP contribution in [-0.2, 0) is 4.79 Å². The molecule has 2 rings (SSSR count). The monoisotopic (exact) mass is 196 g/mol. The van der Waals surface area contributed by atoms with Gasteiger partial charge in [-0.15, -0.1) is 0 Å². The zero-order chi connectivity index (χ0) is 10.2. The molecule has 0 aromatic heterocycles. The highest BCUT2D eigenvalue weighted by Crippen LogP contribution is 2.34. The first kappa shape index (κ1) is 9.97. The predicted molar refractivity (Wildman–Crippen MR) is 56.0 cm³/mol. The van der Waals surface area contributed by atoms with Crippen LogP contribution in [0.5, 0.6) is 0 Å². The first-order valence-electron chi connectivity index (χ1n) is 5.66. The summed E-state index contributed by atoms with van der Waals surface area (Å²) in [6, 6.07) is 0. The standard InChI is InChI=1S/C11H20N2O/c1-3-11(2)4-5-13(10(11)14)8-9-6-12-7-9/h9,12H,3-8H2,1-2H3. The minimum atomic E-state index is -0.0584. The largest absolute Gasteiger partial charge is 0.342 e. The number of hydrogen-bond acceptors (Lipinski definition) is 2. The van der Waals surface area contributed by atoms with E-state index in [0.717, 1.165) is 39.0 Å². The molecule has 80 valence electrons. The van der Waals surface area contributed by atoms with E-state index >= 15 is 0 Å². The van der Waals surface area contributed by atoms with Gasteiger partial charge in [-0.1, -0.05) is 13.8 Å². The fraction of sp³-hybridized carbons (Fsp3) is 0.909. The van der Waals surface area contributed by atoms with E-state index in [1.54, 1.807) is 0 Å². The third kappa shape index (κ3) is 1.54. The number of nitrogens with zero attached hydrogens (tertiary/aromatic N) is 1. The van der Waals surface area contributed by atoms with E-state index in [0.29, 0.717) is 11.8 Å². The van der Waals surface area contributed by atoms with Crippen LogP contribution < -0.4 is 5.32 Å². The molecule has 0 aromatic rings. The average molecular weight is 196 g/mol. The molecule has 2 aliphatic heterocycles. The van der Waals surface area contributed by atoms with E-state index in [1.165, 1.54) is 0 Å². The molecule has 0 spiro atoms. The lowest BCUT2D eigenvalue weighted by atomic mass is 9.86. The van der Waals surface area contributed by atoms with Gasteiger partial charge in [-0.05, 0) is 12.8 Å². The maximum atomic E-state index is 12.0. The number of carbonyl (C=O) groups is 1. The fourth-order valence-electron chi connectivity index (χ4n) is 2.26. The molecule has 0 aromatic carbocycles. The van der Waals surface area contributed by atoms with Gasteiger partial charge in [0, 0.05) is 37.5 Å². The summed E-state index contributed by atoms with van der Waals surface area (Å²) in [4.78, 5) is 14.1. The minimum absolute atomic E-state index is 0.0584. The summed E-state index contributed by atoms with van der Waals surface area (Å²) in [5.41, 5.74) is -0.0584. The van der Waals surface area contributed by atoms with Crippen LogP contribution in [0.3, 0.4) is 0 Å². The Labute approximate surface area is 85.8 Å². The van der Waals surface area contributed by atoms with Crippen molar-refractivity contribution < 1.29 is 4.79 Å². The summed E-state index contributed by atoms with van der Waals surface area (Å²) >= 11 is 0. The molecule has 1 atom stereocenters. The fourth-order valence-corrected chi connectivity index (χ4v) is 2.26. The van der Waals surface area contributed by atoms with Crippen molar-refractivity contribution in [3.05, 3.63) is 0 Å². The second-order valence-corrected chi connectivity index (χ2v) is 4.94. The number of hydrogen-bond donors (Lipinski definition) is 1. The van der Waals surface area contributed by atoms with E-state index in [2.05, 4.69) is 24.1 Å². The van der Waals surface area contributed by atoms with Gasteiger partial charge in [0.2, 0.25) is 5.91 Å². The van der Waals surface area contributed by atoms with Gasteiger partial charge in [-0.25, -0.2) is 0 Å².